The highest BCUT2D eigenvalue weighted by atomic mass is 16.5. The van der Waals surface area contributed by atoms with Crippen molar-refractivity contribution in [2.75, 3.05) is 70.4 Å². The molecule has 3 amide bonds. The number of nitrogens with zero attached hydrogens (tertiary/aromatic N) is 5. The molecular formula is C73H77N7O9. The molecule has 89 heavy (non-hydrogen) atoms. The average Bonchev–Trinajstić information content (AvgIpc) is 1.69. The molecule has 16 nitrogen and oxygen atoms in total. The molecule has 0 aromatic heterocycles. The predicted molar refractivity (Wildman–Crippen MR) is 349 cm³/mol. The molecule has 0 radical (unpaired) electrons. The van der Waals surface area contributed by atoms with Gasteiger partial charge in [-0.25, -0.2) is 4.79 Å². The summed E-state index contributed by atoms with van der Waals surface area (Å²) in [5.74, 6) is -0.464. The fraction of sp³-hybridized carbons (Fsp3) is 0.356. The summed E-state index contributed by atoms with van der Waals surface area (Å²) in [5, 5.41) is 5.74. The molecule has 4 heterocycles. The van der Waals surface area contributed by atoms with Crippen LogP contribution in [0.2, 0.25) is 0 Å². The summed E-state index contributed by atoms with van der Waals surface area (Å²) < 4.78 is 24.0. The van der Waals surface area contributed by atoms with Crippen molar-refractivity contribution in [2.45, 2.75) is 84.2 Å². The van der Waals surface area contributed by atoms with Crippen LogP contribution in [0.5, 0.6) is 17.2 Å². The van der Waals surface area contributed by atoms with E-state index in [2.05, 4.69) is 76.0 Å². The lowest BCUT2D eigenvalue weighted by molar-refractivity contribution is -0.127. The third kappa shape index (κ3) is 12.9. The smallest absolute Gasteiger partial charge is 0.407 e. The summed E-state index contributed by atoms with van der Waals surface area (Å²) >= 11 is 0. The van der Waals surface area contributed by atoms with Crippen molar-refractivity contribution in [1.82, 2.24) is 15.1 Å². The Morgan fingerprint density at radius 3 is 2.02 bits per heavy atom. The highest BCUT2D eigenvalue weighted by Gasteiger charge is 2.38. The van der Waals surface area contributed by atoms with Gasteiger partial charge in [-0.3, -0.25) is 29.2 Å². The molecule has 1 unspecified atom stereocenters. The molecule has 2 N–H and O–H groups in total. The van der Waals surface area contributed by atoms with Gasteiger partial charge in [0, 0.05) is 110 Å². The van der Waals surface area contributed by atoms with Crippen LogP contribution in [-0.2, 0) is 14.3 Å². The topological polar surface area (TPSA) is 181 Å². The first-order valence-electron chi connectivity index (χ1n) is 31.3. The minimum absolute atomic E-state index is 0.0161. The van der Waals surface area contributed by atoms with Gasteiger partial charge < -0.3 is 44.3 Å². The van der Waals surface area contributed by atoms with E-state index >= 15 is 0 Å². The lowest BCUT2D eigenvalue weighted by Crippen LogP contribution is -2.45. The fourth-order valence-corrected chi connectivity index (χ4v) is 13.1. The van der Waals surface area contributed by atoms with Crippen molar-refractivity contribution >= 4 is 75.8 Å². The normalized spacial score (nSPS) is 18.9. The van der Waals surface area contributed by atoms with E-state index in [-0.39, 0.29) is 66.1 Å². The highest BCUT2D eigenvalue weighted by Crippen LogP contribution is 2.46. The number of carbonyl (C=O) groups is 5. The number of likely N-dealkylation sites (N-methyl/N-ethyl adjacent to an activating group) is 1. The third-order valence-electron chi connectivity index (χ3n) is 18.3. The van der Waals surface area contributed by atoms with Crippen molar-refractivity contribution in [1.29, 1.82) is 0 Å². The molecule has 6 aliphatic rings. The number of ketones is 2. The number of fused-ring (bicyclic) bond motifs is 7. The van der Waals surface area contributed by atoms with E-state index in [9.17, 15) is 24.0 Å². The molecule has 6 aromatic rings. The number of anilines is 2. The molecule has 1 fully saturated rings. The van der Waals surface area contributed by atoms with E-state index in [4.69, 9.17) is 28.9 Å². The maximum Gasteiger partial charge on any atom is 0.407 e. The van der Waals surface area contributed by atoms with E-state index in [1.807, 2.05) is 106 Å². The summed E-state index contributed by atoms with van der Waals surface area (Å²) in [6.45, 7) is 12.5. The van der Waals surface area contributed by atoms with Crippen LogP contribution >= 0.6 is 0 Å². The fourth-order valence-electron chi connectivity index (χ4n) is 13.1. The van der Waals surface area contributed by atoms with Crippen LogP contribution < -0.4 is 29.7 Å². The van der Waals surface area contributed by atoms with E-state index in [0.29, 0.717) is 71.5 Å². The SMILES string of the molecule is COc1cc2c(cc1OCCCCCOc1cc3c(cc1C)C(=O)C1C=C(c4ccc(NC(=O)[C@H](C)CC(=O)[C@@H](NC(=O)OCC5c6ccccc6-c6ccccc65)C(C)C)cc4)C[C@H]1C=N3)N=C[C@@H]1CC(c3ccc(N4CCN(C)CC4)cc3)=CN1C2=O. The number of nitrogens with one attached hydrogen (secondary N) is 2. The maximum atomic E-state index is 14.2. The minimum Gasteiger partial charge on any atom is -0.493 e. The van der Waals surface area contributed by atoms with Crippen LogP contribution in [0.15, 0.2) is 144 Å². The summed E-state index contributed by atoms with van der Waals surface area (Å²) in [7, 11) is 3.74. The van der Waals surface area contributed by atoms with Gasteiger partial charge in [0.1, 0.15) is 12.4 Å². The number of amides is 3. The van der Waals surface area contributed by atoms with Crippen molar-refractivity contribution in [2.24, 2.45) is 33.7 Å². The zero-order valence-electron chi connectivity index (χ0n) is 51.5. The largest absolute Gasteiger partial charge is 0.493 e. The molecule has 12 rings (SSSR count). The number of ether oxygens (including phenoxy) is 4. The van der Waals surface area contributed by atoms with Crippen LogP contribution in [-0.4, -0.2) is 124 Å². The lowest BCUT2D eigenvalue weighted by Gasteiger charge is -2.34. The Morgan fingerprint density at radius 2 is 1.33 bits per heavy atom. The molecule has 5 atom stereocenters. The number of allylic oxidation sites excluding steroid dienone is 2. The van der Waals surface area contributed by atoms with Crippen molar-refractivity contribution in [3.8, 4) is 28.4 Å². The zero-order chi connectivity index (χ0) is 61.9. The van der Waals surface area contributed by atoms with E-state index in [0.717, 1.165) is 95.5 Å². The van der Waals surface area contributed by atoms with E-state index < -0.39 is 18.1 Å². The van der Waals surface area contributed by atoms with Gasteiger partial charge in [-0.15, -0.1) is 0 Å². The molecule has 458 valence electrons. The maximum absolute atomic E-state index is 14.2. The number of benzene rings is 6. The Kier molecular flexibility index (Phi) is 17.8. The number of methoxy groups -OCH3 is 1. The first-order valence-corrected chi connectivity index (χ1v) is 31.3. The summed E-state index contributed by atoms with van der Waals surface area (Å²) in [6, 6.07) is 38.7. The third-order valence-corrected chi connectivity index (χ3v) is 18.3. The molecule has 16 heteroatoms. The number of aliphatic imine (C=N–C) groups is 2. The molecule has 1 saturated heterocycles. The molecule has 0 saturated carbocycles. The number of hydrogen-bond donors (Lipinski definition) is 2. The predicted octanol–water partition coefficient (Wildman–Crippen LogP) is 13.1. The second-order valence-corrected chi connectivity index (χ2v) is 24.7. The van der Waals surface area contributed by atoms with Gasteiger partial charge in [-0.1, -0.05) is 99.6 Å². The summed E-state index contributed by atoms with van der Waals surface area (Å²) in [6.07, 6.45) is 10.7. The Morgan fingerprint density at radius 1 is 0.685 bits per heavy atom. The first-order chi connectivity index (χ1) is 43.2. The zero-order valence-corrected chi connectivity index (χ0v) is 51.5. The van der Waals surface area contributed by atoms with Gasteiger partial charge in [0.2, 0.25) is 5.91 Å². The van der Waals surface area contributed by atoms with Crippen LogP contribution in [0.3, 0.4) is 0 Å². The molecular weight excluding hydrogens is 1120 g/mol. The van der Waals surface area contributed by atoms with Crippen LogP contribution in [0, 0.1) is 30.6 Å². The first kappa shape index (κ1) is 60.1. The summed E-state index contributed by atoms with van der Waals surface area (Å²) in [4.78, 5) is 84.7. The van der Waals surface area contributed by atoms with Gasteiger partial charge in [0.25, 0.3) is 5.91 Å². The summed E-state index contributed by atoms with van der Waals surface area (Å²) in [5.41, 5.74) is 13.5. The number of hydrogen-bond acceptors (Lipinski definition) is 13. The number of aryl methyl sites for hydroxylation is 1. The minimum atomic E-state index is -0.831. The number of unbranched alkanes of at least 4 members (excludes halogenated alkanes) is 2. The number of carbonyl (C=O) groups excluding carboxylic acids is 5. The highest BCUT2D eigenvalue weighted by molar-refractivity contribution is 6.09. The monoisotopic (exact) mass is 1200 g/mol. The number of Topliss-reactive ketones (excluding diaryl/α,β-unsaturated/α-hetero) is 2. The van der Waals surface area contributed by atoms with Gasteiger partial charge in [-0.05, 0) is 132 Å². The number of alkyl carbamates (subject to hydrolysis) is 1. The second-order valence-electron chi connectivity index (χ2n) is 24.7. The van der Waals surface area contributed by atoms with Gasteiger partial charge in [-0.2, -0.15) is 0 Å². The van der Waals surface area contributed by atoms with Crippen LogP contribution in [0.25, 0.3) is 22.3 Å². The van der Waals surface area contributed by atoms with Crippen molar-refractivity contribution in [3.05, 3.63) is 173 Å². The van der Waals surface area contributed by atoms with Gasteiger partial charge in [0.15, 0.2) is 23.1 Å². The van der Waals surface area contributed by atoms with E-state index in [1.54, 1.807) is 31.1 Å². The number of rotatable bonds is 21. The van der Waals surface area contributed by atoms with Gasteiger partial charge >= 0.3 is 6.09 Å². The lowest BCUT2D eigenvalue weighted by atomic mass is 9.89. The van der Waals surface area contributed by atoms with Crippen molar-refractivity contribution < 1.29 is 42.9 Å². The quantitative estimate of drug-likeness (QED) is 0.0655. The van der Waals surface area contributed by atoms with Crippen LogP contribution in [0.4, 0.5) is 27.5 Å². The molecule has 2 aliphatic carbocycles. The van der Waals surface area contributed by atoms with Crippen LogP contribution in [0.1, 0.15) is 114 Å². The Labute approximate surface area is 520 Å². The van der Waals surface area contributed by atoms with Crippen molar-refractivity contribution in [3.63, 3.8) is 0 Å². The van der Waals surface area contributed by atoms with E-state index in [1.165, 1.54) is 5.69 Å². The molecule has 6 aromatic carbocycles. The molecule has 4 aliphatic heterocycles. The van der Waals surface area contributed by atoms with Gasteiger partial charge in [0.05, 0.1) is 49.3 Å². The average molecular weight is 1200 g/mol. The standard InChI is InChI=1S/C73H77N7O9/c1-44(2)69(77-73(85)89-43-62-57-16-10-8-14-55(57)56-15-9-11-17-58(56)62)65(81)33-46(4)71(83)76-52-22-18-47(19-23-52)49-34-50-40-74-63-38-66(45(3)32-60(63)70(82)59(50)36-49)87-30-12-7-13-31-88-68-39-64-61(37-67(68)86-6)72(84)80-42-51(35-54(80)41-75-64)48-20-24-53(25-21-48)79-28-26-78(5)27-29-79/h8-11,14-25,32,36-42,44,46,50,54,59,62,69H,7,12-13,26-31,33-35,43H2,1-6H3,(H,76,83)(H,77,85)/t46-,50+,54+,59?,69+/m1/s1. The Hall–Kier alpha value is -9.15. The number of piperazine rings is 1. The molecule has 0 bridgehead atoms. The molecule has 0 spiro atoms. The Bertz CT molecular complexity index is 3780. The second kappa shape index (κ2) is 26.3. The Balaban J connectivity index is 0.580.